The van der Waals surface area contributed by atoms with Crippen LogP contribution in [-0.4, -0.2) is 58.1 Å². The highest BCUT2D eigenvalue weighted by molar-refractivity contribution is 6.20. The molecule has 0 bridgehead atoms. The summed E-state index contributed by atoms with van der Waals surface area (Å²) in [5.41, 5.74) is 0.899. The molecule has 0 radical (unpaired) electrons. The third-order valence-corrected chi connectivity index (χ3v) is 4.22. The fourth-order valence-corrected chi connectivity index (χ4v) is 3.36. The van der Waals surface area contributed by atoms with Gasteiger partial charge in [0.25, 0.3) is 5.91 Å². The van der Waals surface area contributed by atoms with Crippen LogP contribution in [0, 0.1) is 0 Å². The van der Waals surface area contributed by atoms with E-state index >= 15 is 0 Å². The molecule has 6 nitrogen and oxygen atoms in total. The molecule has 0 aromatic carbocycles. The van der Waals surface area contributed by atoms with E-state index in [0.717, 1.165) is 18.4 Å². The van der Waals surface area contributed by atoms with E-state index in [9.17, 15) is 9.59 Å². The maximum Gasteiger partial charge on any atom is 0.345 e. The fraction of sp³-hybridized carbons (Fsp3) is 0.600. The molecule has 0 aromatic rings. The summed E-state index contributed by atoms with van der Waals surface area (Å²) >= 11 is 12.6. The molecular formula is C15H22Cl2N3O3+. The fourth-order valence-electron chi connectivity index (χ4n) is 2.91. The van der Waals surface area contributed by atoms with Crippen LogP contribution in [0.15, 0.2) is 23.5 Å². The largest absolute Gasteiger partial charge is 0.462 e. The molecule has 2 atom stereocenters. The van der Waals surface area contributed by atoms with Crippen molar-refractivity contribution in [3.05, 3.63) is 23.5 Å². The minimum atomic E-state index is -0.654. The second-order valence-corrected chi connectivity index (χ2v) is 7.45. The molecule has 23 heavy (non-hydrogen) atoms. The molecule has 8 heteroatoms. The molecule has 2 unspecified atom stereocenters. The van der Waals surface area contributed by atoms with E-state index in [0.29, 0.717) is 0 Å². The summed E-state index contributed by atoms with van der Waals surface area (Å²) in [6.45, 7) is 3.84. The van der Waals surface area contributed by atoms with Crippen LogP contribution in [0.1, 0.15) is 26.7 Å². The van der Waals surface area contributed by atoms with Gasteiger partial charge in [0, 0.05) is 29.6 Å². The first-order valence-corrected chi connectivity index (χ1v) is 8.24. The Morgan fingerprint density at radius 1 is 1.52 bits per heavy atom. The Balaban J connectivity index is 2.42. The number of quaternary nitrogens is 1. The molecule has 2 heterocycles. The maximum atomic E-state index is 12.7. The van der Waals surface area contributed by atoms with E-state index in [1.165, 1.54) is 10.6 Å². The lowest BCUT2D eigenvalue weighted by molar-refractivity contribution is -0.713. The first kappa shape index (κ1) is 18.1. The standard InChI is InChI=1S/C15H22Cl2N3O3/c1-5-23-15(22)12-8-18(16)13-11(9-20(3,4)17)7-6-10(2)19(13)14(12)21/h8-10,13H,5-7H2,1-4H3/q+1. The summed E-state index contributed by atoms with van der Waals surface area (Å²) in [7, 11) is 3.64. The molecule has 0 N–H and O–H groups in total. The topological polar surface area (TPSA) is 49.9 Å². The lowest BCUT2D eigenvalue weighted by Crippen LogP contribution is -2.58. The van der Waals surface area contributed by atoms with Crippen molar-refractivity contribution in [3.63, 3.8) is 0 Å². The van der Waals surface area contributed by atoms with Crippen molar-refractivity contribution in [1.29, 1.82) is 0 Å². The summed E-state index contributed by atoms with van der Waals surface area (Å²) in [6, 6.07) is -0.0324. The van der Waals surface area contributed by atoms with Crippen LogP contribution in [0.25, 0.3) is 0 Å². The van der Waals surface area contributed by atoms with Crippen molar-refractivity contribution in [2.45, 2.75) is 38.9 Å². The van der Waals surface area contributed by atoms with Crippen LogP contribution in [0.2, 0.25) is 0 Å². The van der Waals surface area contributed by atoms with Gasteiger partial charge in [-0.05, 0) is 26.7 Å². The van der Waals surface area contributed by atoms with Crippen LogP contribution in [-0.2, 0) is 14.3 Å². The van der Waals surface area contributed by atoms with Crippen LogP contribution in [0.3, 0.4) is 0 Å². The van der Waals surface area contributed by atoms with Gasteiger partial charge in [-0.15, -0.1) is 0 Å². The molecule has 1 amide bonds. The number of esters is 1. The number of carbonyl (C=O) groups is 2. The van der Waals surface area contributed by atoms with Crippen molar-refractivity contribution < 1.29 is 18.3 Å². The number of fused-ring (bicyclic) bond motifs is 1. The zero-order chi connectivity index (χ0) is 17.4. The van der Waals surface area contributed by atoms with Gasteiger partial charge < -0.3 is 9.64 Å². The molecule has 2 aliphatic rings. The number of piperidine rings is 1. The zero-order valence-corrected chi connectivity index (χ0v) is 15.3. The van der Waals surface area contributed by atoms with E-state index in [4.69, 9.17) is 28.3 Å². The highest BCUT2D eigenvalue weighted by Crippen LogP contribution is 2.36. The summed E-state index contributed by atoms with van der Waals surface area (Å²) in [5, 5.41) is 0. The number of amides is 1. The number of carbonyl (C=O) groups excluding carboxylic acids is 2. The number of rotatable bonds is 3. The summed E-state index contributed by atoms with van der Waals surface area (Å²) in [5.74, 6) is -1.01. The lowest BCUT2D eigenvalue weighted by atomic mass is 9.93. The lowest BCUT2D eigenvalue weighted by Gasteiger charge is -2.46. The second kappa shape index (κ2) is 6.71. The minimum Gasteiger partial charge on any atom is -0.462 e. The third-order valence-electron chi connectivity index (χ3n) is 3.84. The van der Waals surface area contributed by atoms with Crippen molar-refractivity contribution >= 4 is 35.4 Å². The molecule has 1 fully saturated rings. The minimum absolute atomic E-state index is 0.0324. The predicted octanol–water partition coefficient (Wildman–Crippen LogP) is 2.35. The van der Waals surface area contributed by atoms with Gasteiger partial charge in [0.2, 0.25) is 0 Å². The number of halogens is 2. The van der Waals surface area contributed by atoms with Gasteiger partial charge >= 0.3 is 5.97 Å². The van der Waals surface area contributed by atoms with Gasteiger partial charge in [0.05, 0.1) is 20.7 Å². The van der Waals surface area contributed by atoms with E-state index in [2.05, 4.69) is 0 Å². The van der Waals surface area contributed by atoms with Crippen LogP contribution < -0.4 is 0 Å². The first-order valence-electron chi connectivity index (χ1n) is 7.56. The Kier molecular flexibility index (Phi) is 5.28. The third kappa shape index (κ3) is 3.82. The van der Waals surface area contributed by atoms with Crippen LogP contribution >= 0.6 is 23.6 Å². The SMILES string of the molecule is CCOC(=O)C1=CN(Cl)C2C(=C[N+](C)(C)Cl)CCC(C)N2C1=O. The first-order chi connectivity index (χ1) is 10.7. The molecule has 2 aliphatic heterocycles. The van der Waals surface area contributed by atoms with E-state index in [1.54, 1.807) is 11.8 Å². The number of nitrogens with zero attached hydrogens (tertiary/aromatic N) is 3. The van der Waals surface area contributed by atoms with Gasteiger partial charge in [-0.3, -0.25) is 9.21 Å². The summed E-state index contributed by atoms with van der Waals surface area (Å²) in [4.78, 5) is 26.4. The average Bonchev–Trinajstić information content (AvgIpc) is 2.43. The van der Waals surface area contributed by atoms with Gasteiger partial charge in [-0.2, -0.15) is 0 Å². The molecule has 0 saturated carbocycles. The normalized spacial score (nSPS) is 27.0. The number of hydrogen-bond donors (Lipinski definition) is 0. The predicted molar refractivity (Wildman–Crippen MR) is 87.8 cm³/mol. The van der Waals surface area contributed by atoms with Gasteiger partial charge in [-0.1, -0.05) is 0 Å². The molecule has 0 aromatic heterocycles. The van der Waals surface area contributed by atoms with Crippen LogP contribution in [0.4, 0.5) is 0 Å². The van der Waals surface area contributed by atoms with Crippen molar-refractivity contribution in [2.24, 2.45) is 0 Å². The highest BCUT2D eigenvalue weighted by Gasteiger charge is 2.45. The van der Waals surface area contributed by atoms with E-state index < -0.39 is 12.1 Å². The Bertz CT molecular complexity index is 569. The average molecular weight is 363 g/mol. The smallest absolute Gasteiger partial charge is 0.345 e. The molecular weight excluding hydrogens is 341 g/mol. The molecule has 2 rings (SSSR count). The number of ether oxygens (including phenoxy) is 1. The Morgan fingerprint density at radius 2 is 2.17 bits per heavy atom. The Labute approximate surface area is 146 Å². The van der Waals surface area contributed by atoms with E-state index in [-0.39, 0.29) is 28.1 Å². The van der Waals surface area contributed by atoms with Crippen molar-refractivity contribution in [3.8, 4) is 0 Å². The molecule has 0 spiro atoms. The molecule has 1 saturated heterocycles. The quantitative estimate of drug-likeness (QED) is 0.439. The van der Waals surface area contributed by atoms with Gasteiger partial charge in [-0.25, -0.2) is 8.80 Å². The molecule has 0 aliphatic carbocycles. The van der Waals surface area contributed by atoms with Crippen molar-refractivity contribution in [2.75, 3.05) is 20.7 Å². The zero-order valence-electron chi connectivity index (χ0n) is 13.8. The Morgan fingerprint density at radius 3 is 2.74 bits per heavy atom. The monoisotopic (exact) mass is 362 g/mol. The maximum absolute atomic E-state index is 12.7. The second-order valence-electron chi connectivity index (χ2n) is 6.18. The summed E-state index contributed by atoms with van der Waals surface area (Å²) in [6.07, 6.45) is 4.35. The van der Waals surface area contributed by atoms with E-state index in [1.807, 2.05) is 27.2 Å². The van der Waals surface area contributed by atoms with Gasteiger partial charge in [0.15, 0.2) is 11.8 Å². The summed E-state index contributed by atoms with van der Waals surface area (Å²) < 4.78 is 6.42. The highest BCUT2D eigenvalue weighted by atomic mass is 35.5. The Hall–Kier alpha value is -1.24. The number of hydrogen-bond acceptors (Lipinski definition) is 4. The van der Waals surface area contributed by atoms with Crippen molar-refractivity contribution in [1.82, 2.24) is 9.32 Å². The molecule has 128 valence electrons. The van der Waals surface area contributed by atoms with Crippen LogP contribution in [0.5, 0.6) is 0 Å². The van der Waals surface area contributed by atoms with Gasteiger partial charge in [0.1, 0.15) is 17.9 Å².